The molecule has 0 fully saturated rings. The zero-order chi connectivity index (χ0) is 17.9. The summed E-state index contributed by atoms with van der Waals surface area (Å²) >= 11 is 0. The highest BCUT2D eigenvalue weighted by atomic mass is 19.4. The summed E-state index contributed by atoms with van der Waals surface area (Å²) in [5.41, 5.74) is 0.0238. The van der Waals surface area contributed by atoms with E-state index in [1.165, 1.54) is 12.1 Å². The van der Waals surface area contributed by atoms with Crippen LogP contribution in [0, 0.1) is 0 Å². The lowest BCUT2D eigenvalue weighted by atomic mass is 10.1. The lowest BCUT2D eigenvalue weighted by Gasteiger charge is -2.08. The number of benzene rings is 1. The number of nitrogens with zero attached hydrogens (tertiary/aromatic N) is 3. The summed E-state index contributed by atoms with van der Waals surface area (Å²) in [6, 6.07) is 9.49. The topological polar surface area (TPSA) is 59.8 Å². The van der Waals surface area contributed by atoms with E-state index in [-0.39, 0.29) is 11.4 Å². The fraction of sp³-hybridized carbons (Fsp3) is 0.118. The molecule has 3 rings (SSSR count). The second kappa shape index (κ2) is 6.76. The van der Waals surface area contributed by atoms with E-state index in [0.717, 1.165) is 17.7 Å². The van der Waals surface area contributed by atoms with Gasteiger partial charge in [-0.15, -0.1) is 0 Å². The number of alkyl halides is 3. The number of anilines is 1. The van der Waals surface area contributed by atoms with Crippen molar-refractivity contribution in [3.63, 3.8) is 0 Å². The van der Waals surface area contributed by atoms with Gasteiger partial charge in [0, 0.05) is 30.2 Å². The largest absolute Gasteiger partial charge is 0.416 e. The van der Waals surface area contributed by atoms with E-state index in [2.05, 4.69) is 15.4 Å². The predicted molar refractivity (Wildman–Crippen MR) is 85.0 cm³/mol. The van der Waals surface area contributed by atoms with Crippen molar-refractivity contribution in [2.45, 2.75) is 12.7 Å². The van der Waals surface area contributed by atoms with Crippen molar-refractivity contribution in [3.05, 3.63) is 77.7 Å². The summed E-state index contributed by atoms with van der Waals surface area (Å²) in [7, 11) is 0. The molecule has 0 spiro atoms. The van der Waals surface area contributed by atoms with Gasteiger partial charge in [-0.3, -0.25) is 14.5 Å². The molecule has 0 aliphatic heterocycles. The zero-order valence-electron chi connectivity index (χ0n) is 12.9. The zero-order valence-corrected chi connectivity index (χ0v) is 12.9. The molecule has 2 heterocycles. The number of rotatable bonds is 4. The van der Waals surface area contributed by atoms with Crippen LogP contribution in [0.4, 0.5) is 19.0 Å². The number of hydrogen-bond donors (Lipinski definition) is 1. The molecule has 0 aliphatic carbocycles. The summed E-state index contributed by atoms with van der Waals surface area (Å²) in [5.74, 6) is -0.392. The Morgan fingerprint density at radius 1 is 1.12 bits per heavy atom. The van der Waals surface area contributed by atoms with E-state index in [4.69, 9.17) is 0 Å². The van der Waals surface area contributed by atoms with Crippen LogP contribution in [0.2, 0.25) is 0 Å². The summed E-state index contributed by atoms with van der Waals surface area (Å²) < 4.78 is 39.8. The molecule has 0 bridgehead atoms. The summed E-state index contributed by atoms with van der Waals surface area (Å²) in [5, 5.41) is 6.68. The molecule has 1 aromatic carbocycles. The van der Waals surface area contributed by atoms with E-state index in [1.54, 1.807) is 29.3 Å². The summed E-state index contributed by atoms with van der Waals surface area (Å²) in [6.07, 6.45) is 0.495. The van der Waals surface area contributed by atoms with Gasteiger partial charge < -0.3 is 5.32 Å². The first-order valence-corrected chi connectivity index (χ1v) is 7.33. The number of nitrogens with one attached hydrogen (secondary N) is 1. The minimum Gasteiger partial charge on any atom is -0.305 e. The SMILES string of the molecule is O=C(Nc1ccn(Cc2ccncc2)n1)c1cccc(C(F)(F)F)c1. The molecule has 5 nitrogen and oxygen atoms in total. The van der Waals surface area contributed by atoms with Crippen LogP contribution in [-0.4, -0.2) is 20.7 Å². The van der Waals surface area contributed by atoms with Gasteiger partial charge in [-0.2, -0.15) is 18.3 Å². The predicted octanol–water partition coefficient (Wildman–Crippen LogP) is 3.60. The summed E-state index contributed by atoms with van der Waals surface area (Å²) in [4.78, 5) is 16.0. The van der Waals surface area contributed by atoms with Crippen LogP contribution in [0.15, 0.2) is 61.1 Å². The maximum Gasteiger partial charge on any atom is 0.416 e. The van der Waals surface area contributed by atoms with E-state index in [9.17, 15) is 18.0 Å². The van der Waals surface area contributed by atoms with Crippen LogP contribution in [-0.2, 0) is 12.7 Å². The molecular weight excluding hydrogens is 333 g/mol. The molecule has 1 N–H and O–H groups in total. The van der Waals surface area contributed by atoms with Crippen molar-refractivity contribution in [1.82, 2.24) is 14.8 Å². The molecule has 128 valence electrons. The molecule has 1 amide bonds. The Kier molecular flexibility index (Phi) is 4.51. The highest BCUT2D eigenvalue weighted by Gasteiger charge is 2.30. The number of carbonyl (C=O) groups is 1. The highest BCUT2D eigenvalue weighted by molar-refractivity contribution is 6.03. The number of carbonyl (C=O) groups excluding carboxylic acids is 1. The average Bonchev–Trinajstić information content (AvgIpc) is 3.02. The second-order valence-electron chi connectivity index (χ2n) is 5.29. The standard InChI is InChI=1S/C17H13F3N4O/c18-17(19,20)14-3-1-2-13(10-14)16(25)22-15-6-9-24(23-15)11-12-4-7-21-8-5-12/h1-10H,11H2,(H,22,23,25). The molecular formula is C17H13F3N4O. The van der Waals surface area contributed by atoms with Crippen LogP contribution < -0.4 is 5.32 Å². The third kappa shape index (κ3) is 4.23. The Morgan fingerprint density at radius 2 is 1.88 bits per heavy atom. The van der Waals surface area contributed by atoms with Crippen molar-refractivity contribution in [2.75, 3.05) is 5.32 Å². The molecule has 0 atom stereocenters. The third-order valence-corrected chi connectivity index (χ3v) is 3.43. The van der Waals surface area contributed by atoms with E-state index < -0.39 is 17.6 Å². The van der Waals surface area contributed by atoms with Gasteiger partial charge in [-0.05, 0) is 35.9 Å². The van der Waals surface area contributed by atoms with Crippen LogP contribution in [0.5, 0.6) is 0 Å². The van der Waals surface area contributed by atoms with Crippen molar-refractivity contribution < 1.29 is 18.0 Å². The first-order chi connectivity index (χ1) is 11.9. The van der Waals surface area contributed by atoms with E-state index in [1.807, 2.05) is 12.1 Å². The van der Waals surface area contributed by atoms with Gasteiger partial charge in [0.2, 0.25) is 0 Å². The van der Waals surface area contributed by atoms with Gasteiger partial charge in [0.25, 0.3) is 5.91 Å². The van der Waals surface area contributed by atoms with Gasteiger partial charge in [-0.25, -0.2) is 0 Å². The Balaban J connectivity index is 1.70. The number of pyridine rings is 1. The maximum absolute atomic E-state index is 12.7. The fourth-order valence-corrected chi connectivity index (χ4v) is 2.22. The minimum atomic E-state index is -4.50. The van der Waals surface area contributed by atoms with Crippen LogP contribution in [0.25, 0.3) is 0 Å². The lowest BCUT2D eigenvalue weighted by molar-refractivity contribution is -0.137. The number of amides is 1. The normalized spacial score (nSPS) is 11.3. The molecule has 3 aromatic rings. The highest BCUT2D eigenvalue weighted by Crippen LogP contribution is 2.29. The van der Waals surface area contributed by atoms with E-state index >= 15 is 0 Å². The van der Waals surface area contributed by atoms with Crippen LogP contribution in [0.1, 0.15) is 21.5 Å². The molecule has 2 aromatic heterocycles. The number of aromatic nitrogens is 3. The average molecular weight is 346 g/mol. The quantitative estimate of drug-likeness (QED) is 0.785. The molecule has 8 heteroatoms. The molecule has 0 saturated carbocycles. The van der Waals surface area contributed by atoms with Crippen molar-refractivity contribution >= 4 is 11.7 Å². The van der Waals surface area contributed by atoms with Crippen molar-refractivity contribution in [3.8, 4) is 0 Å². The van der Waals surface area contributed by atoms with Crippen LogP contribution >= 0.6 is 0 Å². The number of hydrogen-bond acceptors (Lipinski definition) is 3. The first-order valence-electron chi connectivity index (χ1n) is 7.33. The molecule has 0 saturated heterocycles. The van der Waals surface area contributed by atoms with Gasteiger partial charge in [0.1, 0.15) is 0 Å². The first kappa shape index (κ1) is 16.7. The third-order valence-electron chi connectivity index (χ3n) is 3.43. The molecule has 0 unspecified atom stereocenters. The van der Waals surface area contributed by atoms with Crippen molar-refractivity contribution in [2.24, 2.45) is 0 Å². The molecule has 0 radical (unpaired) electrons. The van der Waals surface area contributed by atoms with Gasteiger partial charge in [0.15, 0.2) is 5.82 Å². The Hall–Kier alpha value is -3.16. The molecule has 0 aliphatic rings. The van der Waals surface area contributed by atoms with Gasteiger partial charge in [0.05, 0.1) is 12.1 Å². The maximum atomic E-state index is 12.7. The van der Waals surface area contributed by atoms with Crippen LogP contribution in [0.3, 0.4) is 0 Å². The van der Waals surface area contributed by atoms with Crippen molar-refractivity contribution in [1.29, 1.82) is 0 Å². The van der Waals surface area contributed by atoms with Gasteiger partial charge >= 0.3 is 6.18 Å². The Bertz CT molecular complexity index is 875. The monoisotopic (exact) mass is 346 g/mol. The smallest absolute Gasteiger partial charge is 0.305 e. The lowest BCUT2D eigenvalue weighted by Crippen LogP contribution is -2.14. The Morgan fingerprint density at radius 3 is 2.60 bits per heavy atom. The summed E-state index contributed by atoms with van der Waals surface area (Å²) in [6.45, 7) is 0.488. The minimum absolute atomic E-state index is 0.0847. The Labute approximate surface area is 141 Å². The van der Waals surface area contributed by atoms with Gasteiger partial charge in [-0.1, -0.05) is 6.07 Å². The van der Waals surface area contributed by atoms with E-state index in [0.29, 0.717) is 6.54 Å². The second-order valence-corrected chi connectivity index (χ2v) is 5.29. The molecule has 25 heavy (non-hydrogen) atoms. The number of halogens is 3. The fourth-order valence-electron chi connectivity index (χ4n) is 2.22.